The van der Waals surface area contributed by atoms with Crippen molar-refractivity contribution in [1.82, 2.24) is 9.97 Å². The molecular weight excluding hydrogens is 673 g/mol. The fraction of sp³-hybridized carbons (Fsp3) is 0.400. The number of nitrogens with zero attached hydrogens (tertiary/aromatic N) is 2. The van der Waals surface area contributed by atoms with E-state index < -0.39 is 0 Å². The Balaban J connectivity index is 0.000000243. The summed E-state index contributed by atoms with van der Waals surface area (Å²) in [6, 6.07) is 16.6. The van der Waals surface area contributed by atoms with Gasteiger partial charge in [0.2, 0.25) is 0 Å². The Labute approximate surface area is 252 Å². The monoisotopic (exact) mass is 714 g/mol. The maximum absolute atomic E-state index is 11.7. The topological polar surface area (TPSA) is 63.1 Å². The van der Waals surface area contributed by atoms with Crippen molar-refractivity contribution in [1.29, 1.82) is 0 Å². The van der Waals surface area contributed by atoms with Gasteiger partial charge in [-0.1, -0.05) is 76.8 Å². The van der Waals surface area contributed by atoms with Crippen molar-refractivity contribution in [2.24, 2.45) is 11.8 Å². The first-order valence-electron chi connectivity index (χ1n) is 14.3. The molecule has 4 nitrogen and oxygen atoms in total. The van der Waals surface area contributed by atoms with Gasteiger partial charge < -0.3 is 10.1 Å². The maximum atomic E-state index is 11.7. The van der Waals surface area contributed by atoms with E-state index in [9.17, 15) is 9.90 Å². The molecule has 0 amide bonds. The van der Waals surface area contributed by atoms with Gasteiger partial charge in [0.25, 0.3) is 0 Å². The Kier molecular flexibility index (Phi) is 10.4. The van der Waals surface area contributed by atoms with Crippen LogP contribution in [0.15, 0.2) is 60.6 Å². The van der Waals surface area contributed by atoms with Crippen LogP contribution in [0, 0.1) is 24.8 Å². The molecule has 40 heavy (non-hydrogen) atoms. The summed E-state index contributed by atoms with van der Waals surface area (Å²) in [5.74, 6) is 0.547. The Morgan fingerprint density at radius 1 is 0.925 bits per heavy atom. The summed E-state index contributed by atoms with van der Waals surface area (Å²) >= 11 is 0. The smallest absolute Gasteiger partial charge is 0.162 e. The van der Waals surface area contributed by atoms with Gasteiger partial charge in [-0.05, 0) is 71.6 Å². The normalized spacial score (nSPS) is 13.6. The molecule has 4 aromatic rings. The molecule has 1 N–H and O–H groups in total. The van der Waals surface area contributed by atoms with Gasteiger partial charge in [0.05, 0.1) is 5.76 Å². The SMILES string of the molecule is CCC(CC)C(=O)/C=C(\O)C(CC)CC.Cc1cc2c3c(nccc3c1)-c1[c-]c3ncccc3cc1C2(C)C.[Ir]. The van der Waals surface area contributed by atoms with Crippen LogP contribution in [0.2, 0.25) is 0 Å². The number of ketones is 1. The summed E-state index contributed by atoms with van der Waals surface area (Å²) in [4.78, 5) is 20.9. The zero-order chi connectivity index (χ0) is 28.3. The first kappa shape index (κ1) is 31.6. The van der Waals surface area contributed by atoms with Crippen LogP contribution in [0.1, 0.15) is 83.9 Å². The maximum Gasteiger partial charge on any atom is 0.162 e. The van der Waals surface area contributed by atoms with Crippen molar-refractivity contribution in [3.05, 3.63) is 83.4 Å². The van der Waals surface area contributed by atoms with E-state index >= 15 is 0 Å². The summed E-state index contributed by atoms with van der Waals surface area (Å²) in [6.45, 7) is 14.8. The van der Waals surface area contributed by atoms with Gasteiger partial charge in [-0.25, -0.2) is 0 Å². The number of allylic oxidation sites excluding steroid dienone is 2. The first-order valence-corrected chi connectivity index (χ1v) is 14.3. The Morgan fingerprint density at radius 3 is 2.25 bits per heavy atom. The van der Waals surface area contributed by atoms with Crippen LogP contribution in [0.3, 0.4) is 0 Å². The number of aromatic nitrogens is 2. The van der Waals surface area contributed by atoms with Gasteiger partial charge in [-0.15, -0.1) is 23.3 Å². The molecule has 1 aliphatic carbocycles. The summed E-state index contributed by atoms with van der Waals surface area (Å²) in [5.41, 5.74) is 6.86. The molecule has 5 heteroatoms. The minimum atomic E-state index is -0.0871. The Morgan fingerprint density at radius 2 is 1.60 bits per heavy atom. The molecule has 1 radical (unpaired) electrons. The van der Waals surface area contributed by atoms with E-state index in [1.807, 2.05) is 46.2 Å². The minimum Gasteiger partial charge on any atom is -0.512 e. The van der Waals surface area contributed by atoms with Crippen LogP contribution in [0.25, 0.3) is 32.9 Å². The molecule has 2 aromatic carbocycles. The van der Waals surface area contributed by atoms with Crippen LogP contribution in [0.5, 0.6) is 0 Å². The van der Waals surface area contributed by atoms with Crippen molar-refractivity contribution in [3.63, 3.8) is 0 Å². The predicted octanol–water partition coefficient (Wildman–Crippen LogP) is 9.07. The van der Waals surface area contributed by atoms with Gasteiger partial charge in [0.1, 0.15) is 0 Å². The van der Waals surface area contributed by atoms with Crippen molar-refractivity contribution in [2.45, 2.75) is 79.6 Å². The van der Waals surface area contributed by atoms with Crippen LogP contribution in [-0.4, -0.2) is 20.9 Å². The number of rotatable bonds is 7. The van der Waals surface area contributed by atoms with Crippen molar-refractivity contribution >= 4 is 27.5 Å². The fourth-order valence-corrected chi connectivity index (χ4v) is 5.81. The molecular formula is C35H41IrN2O2-. The van der Waals surface area contributed by atoms with E-state index in [1.54, 1.807) is 0 Å². The number of benzene rings is 2. The first-order chi connectivity index (χ1) is 18.7. The largest absolute Gasteiger partial charge is 0.512 e. The fourth-order valence-electron chi connectivity index (χ4n) is 5.81. The summed E-state index contributed by atoms with van der Waals surface area (Å²) in [7, 11) is 0. The van der Waals surface area contributed by atoms with E-state index in [-0.39, 0.29) is 48.9 Å². The standard InChI is InChI=1S/C22H17N2.C13H24O2.Ir/c1-13-9-15-6-8-24-21-16-12-19-14(5-4-7-23-19)11-17(16)22(2,3)18(10-13)20(15)21;1-5-10(6-2)12(14)9-13(15)11(7-3)8-4;/h4-11H,1-3H3;9-11,14H,5-8H2,1-4H3;/q-1;;/b;12-9-;. The molecule has 0 saturated carbocycles. The third kappa shape index (κ3) is 6.06. The van der Waals surface area contributed by atoms with Gasteiger partial charge in [0, 0.05) is 50.4 Å². The molecule has 0 fully saturated rings. The Bertz CT molecular complexity index is 1530. The summed E-state index contributed by atoms with van der Waals surface area (Å²) < 4.78 is 0. The summed E-state index contributed by atoms with van der Waals surface area (Å²) in [5, 5.41) is 13.4. The van der Waals surface area contributed by atoms with E-state index in [0.29, 0.717) is 0 Å². The van der Waals surface area contributed by atoms with Gasteiger partial charge >= 0.3 is 0 Å². The Hall–Kier alpha value is -2.88. The van der Waals surface area contributed by atoms with Gasteiger partial charge in [-0.3, -0.25) is 9.78 Å². The number of aliphatic hydroxyl groups excluding tert-OH is 1. The molecule has 213 valence electrons. The molecule has 0 bridgehead atoms. The van der Waals surface area contributed by atoms with Crippen molar-refractivity contribution in [2.75, 3.05) is 0 Å². The number of aryl methyl sites for hydroxylation is 1. The van der Waals surface area contributed by atoms with Crippen molar-refractivity contribution < 1.29 is 30.0 Å². The molecule has 2 aromatic heterocycles. The van der Waals surface area contributed by atoms with E-state index in [2.05, 4.69) is 62.2 Å². The minimum absolute atomic E-state index is 0. The second-order valence-electron chi connectivity index (χ2n) is 11.2. The van der Waals surface area contributed by atoms with Crippen LogP contribution in [0.4, 0.5) is 0 Å². The number of pyridine rings is 2. The van der Waals surface area contributed by atoms with Gasteiger partial charge in [0.15, 0.2) is 5.78 Å². The molecule has 0 aliphatic heterocycles. The number of hydrogen-bond acceptors (Lipinski definition) is 4. The average molecular weight is 714 g/mol. The predicted molar refractivity (Wildman–Crippen MR) is 162 cm³/mol. The summed E-state index contributed by atoms with van der Waals surface area (Å²) in [6.07, 6.45) is 8.63. The molecule has 0 saturated heterocycles. The van der Waals surface area contributed by atoms with Crippen molar-refractivity contribution in [3.8, 4) is 11.3 Å². The average Bonchev–Trinajstić information content (AvgIpc) is 2.92. The van der Waals surface area contributed by atoms with Gasteiger partial charge in [-0.2, -0.15) is 0 Å². The van der Waals surface area contributed by atoms with Crippen LogP contribution in [-0.2, 0) is 30.3 Å². The number of carbonyl (C=O) groups excluding carboxylic acids is 1. The zero-order valence-corrected chi connectivity index (χ0v) is 27.2. The molecule has 2 heterocycles. The molecule has 1 aliphatic rings. The van der Waals surface area contributed by atoms with Crippen LogP contribution >= 0.6 is 0 Å². The van der Waals surface area contributed by atoms with Crippen LogP contribution < -0.4 is 0 Å². The number of carbonyl (C=O) groups is 1. The van der Waals surface area contributed by atoms with E-state index in [0.717, 1.165) is 47.8 Å². The molecule has 0 unspecified atom stereocenters. The third-order valence-corrected chi connectivity index (χ3v) is 8.32. The van der Waals surface area contributed by atoms with E-state index in [4.69, 9.17) is 4.98 Å². The molecule has 0 spiro atoms. The third-order valence-electron chi connectivity index (χ3n) is 8.32. The molecule has 0 atom stereocenters. The number of hydrogen-bond donors (Lipinski definition) is 1. The quantitative estimate of drug-likeness (QED) is 0.118. The molecule has 5 rings (SSSR count). The zero-order valence-electron chi connectivity index (χ0n) is 24.8. The second kappa shape index (κ2) is 13.2. The second-order valence-corrected chi connectivity index (χ2v) is 11.2. The number of aliphatic hydroxyl groups is 1. The number of fused-ring (bicyclic) bond motifs is 3. The van der Waals surface area contributed by atoms with E-state index in [1.165, 1.54) is 33.5 Å².